The number of esters is 2. The smallest absolute Gasteiger partial charge is 0.333 e. The van der Waals surface area contributed by atoms with Gasteiger partial charge >= 0.3 is 11.9 Å². The number of carbonyl (C=O) groups excluding carboxylic acids is 2. The molecule has 6 atom stereocenters. The van der Waals surface area contributed by atoms with Crippen molar-refractivity contribution in [2.75, 3.05) is 6.61 Å². The molecule has 6 nitrogen and oxygen atoms in total. The molecule has 0 bridgehead atoms. The maximum atomic E-state index is 12.6. The zero-order valence-electron chi connectivity index (χ0n) is 21.3. The van der Waals surface area contributed by atoms with E-state index in [0.717, 1.165) is 6.42 Å². The van der Waals surface area contributed by atoms with Crippen LogP contribution in [0.2, 0.25) is 0 Å². The largest absolute Gasteiger partial charge is 0.465 e. The summed E-state index contributed by atoms with van der Waals surface area (Å²) in [5, 5.41) is 21.9. The summed E-state index contributed by atoms with van der Waals surface area (Å²) in [5.41, 5.74) is -0.508. The fourth-order valence-corrected chi connectivity index (χ4v) is 5.88. The predicted molar refractivity (Wildman–Crippen MR) is 128 cm³/mol. The summed E-state index contributed by atoms with van der Waals surface area (Å²) in [5.74, 6) is -0.834. The lowest BCUT2D eigenvalue weighted by Crippen LogP contribution is -2.63. The van der Waals surface area contributed by atoms with Gasteiger partial charge in [-0.2, -0.15) is 0 Å². The summed E-state index contributed by atoms with van der Waals surface area (Å²) in [7, 11) is 0. The Morgan fingerprint density at radius 2 is 1.97 bits per heavy atom. The summed E-state index contributed by atoms with van der Waals surface area (Å²) in [4.78, 5) is 24.5. The Balaban J connectivity index is 2.56. The Kier molecular flexibility index (Phi) is 8.40. The highest BCUT2D eigenvalue weighted by Gasteiger charge is 2.62. The quantitative estimate of drug-likeness (QED) is 0.313. The standard InChI is InChI=1S/C27H42O6/c1-9-17(3)24(30)33-21-15-27(16-32-19(5)28)20(13-14-26(8,31)10-2)18(4)11-12-22(27)25(6,7)23(21)29/h9-11,20-23,29,31H,2,12-16H2,1,3-8H3. The number of carbonyl (C=O) groups is 2. The number of ether oxygens (including phenoxy) is 2. The Bertz CT molecular complexity index is 820. The first kappa shape index (κ1) is 27.3. The summed E-state index contributed by atoms with van der Waals surface area (Å²) in [6.45, 7) is 16.6. The first-order chi connectivity index (χ1) is 15.2. The van der Waals surface area contributed by atoms with Gasteiger partial charge in [0.25, 0.3) is 0 Å². The number of aliphatic hydroxyl groups is 2. The maximum absolute atomic E-state index is 12.6. The molecule has 0 aliphatic heterocycles. The molecule has 0 aromatic heterocycles. The maximum Gasteiger partial charge on any atom is 0.333 e. The minimum Gasteiger partial charge on any atom is -0.465 e. The van der Waals surface area contributed by atoms with Crippen LogP contribution >= 0.6 is 0 Å². The van der Waals surface area contributed by atoms with Crippen molar-refractivity contribution in [3.05, 3.63) is 36.0 Å². The fourth-order valence-electron chi connectivity index (χ4n) is 5.88. The lowest BCUT2D eigenvalue weighted by atomic mass is 9.46. The van der Waals surface area contributed by atoms with E-state index in [1.54, 1.807) is 32.9 Å². The van der Waals surface area contributed by atoms with Crippen LogP contribution < -0.4 is 0 Å². The molecule has 2 aliphatic rings. The highest BCUT2D eigenvalue weighted by molar-refractivity contribution is 5.87. The number of hydrogen-bond donors (Lipinski definition) is 2. The van der Waals surface area contributed by atoms with Crippen molar-refractivity contribution in [3.63, 3.8) is 0 Å². The summed E-state index contributed by atoms with van der Waals surface area (Å²) >= 11 is 0. The molecule has 2 N–H and O–H groups in total. The van der Waals surface area contributed by atoms with Crippen molar-refractivity contribution >= 4 is 11.9 Å². The van der Waals surface area contributed by atoms with Crippen molar-refractivity contribution in [1.82, 2.24) is 0 Å². The molecule has 2 rings (SSSR count). The van der Waals surface area contributed by atoms with E-state index in [4.69, 9.17) is 9.47 Å². The van der Waals surface area contributed by atoms with Gasteiger partial charge in [-0.15, -0.1) is 6.58 Å². The number of rotatable bonds is 8. The molecule has 186 valence electrons. The molecule has 33 heavy (non-hydrogen) atoms. The van der Waals surface area contributed by atoms with Crippen molar-refractivity contribution < 1.29 is 29.3 Å². The number of aliphatic hydroxyl groups excluding tert-OH is 1. The van der Waals surface area contributed by atoms with Gasteiger partial charge in [0.1, 0.15) is 6.10 Å². The molecule has 0 spiro atoms. The van der Waals surface area contributed by atoms with Crippen LogP contribution in [-0.2, 0) is 19.1 Å². The second-order valence-electron chi connectivity index (χ2n) is 10.8. The number of allylic oxidation sites excluding steroid dienone is 3. The van der Waals surface area contributed by atoms with Crippen molar-refractivity contribution in [1.29, 1.82) is 0 Å². The van der Waals surface area contributed by atoms with Crippen LogP contribution in [0, 0.1) is 22.7 Å². The van der Waals surface area contributed by atoms with Crippen LogP contribution in [-0.4, -0.2) is 46.6 Å². The molecular weight excluding hydrogens is 420 g/mol. The molecule has 1 saturated carbocycles. The lowest BCUT2D eigenvalue weighted by molar-refractivity contribution is -0.211. The van der Waals surface area contributed by atoms with E-state index < -0.39 is 34.6 Å². The number of hydrogen-bond acceptors (Lipinski definition) is 6. The predicted octanol–water partition coefficient (Wildman–Crippen LogP) is 4.50. The van der Waals surface area contributed by atoms with Gasteiger partial charge in [0.05, 0.1) is 18.3 Å². The van der Waals surface area contributed by atoms with E-state index >= 15 is 0 Å². The SMILES string of the molecule is C=CC(C)(O)CCC1C(C)=CCC2C(C)(C)C(O)C(OC(=O)C(C)=CC)CC12COC(C)=O. The van der Waals surface area contributed by atoms with Crippen LogP contribution in [0.25, 0.3) is 0 Å². The van der Waals surface area contributed by atoms with Crippen LogP contribution in [0.3, 0.4) is 0 Å². The molecule has 0 aromatic carbocycles. The van der Waals surface area contributed by atoms with E-state index in [1.807, 2.05) is 13.8 Å². The first-order valence-electron chi connectivity index (χ1n) is 11.9. The minimum atomic E-state index is -1.02. The van der Waals surface area contributed by atoms with Crippen molar-refractivity contribution in [3.8, 4) is 0 Å². The van der Waals surface area contributed by atoms with Gasteiger partial charge in [-0.25, -0.2) is 4.79 Å². The first-order valence-corrected chi connectivity index (χ1v) is 11.9. The van der Waals surface area contributed by atoms with Gasteiger partial charge in [0.15, 0.2) is 0 Å². The van der Waals surface area contributed by atoms with E-state index in [0.29, 0.717) is 24.8 Å². The van der Waals surface area contributed by atoms with Crippen LogP contribution in [0.4, 0.5) is 0 Å². The van der Waals surface area contributed by atoms with Gasteiger partial charge in [-0.1, -0.05) is 37.6 Å². The van der Waals surface area contributed by atoms with Crippen molar-refractivity contribution in [2.24, 2.45) is 22.7 Å². The number of fused-ring (bicyclic) bond motifs is 1. The molecule has 0 heterocycles. The molecule has 0 amide bonds. The van der Waals surface area contributed by atoms with Gasteiger partial charge in [0.2, 0.25) is 0 Å². The normalized spacial score (nSPS) is 33.2. The minimum absolute atomic E-state index is 0.000466. The third kappa shape index (κ3) is 5.60. The summed E-state index contributed by atoms with van der Waals surface area (Å²) in [6.07, 6.45) is 6.11. The molecule has 0 saturated heterocycles. The summed E-state index contributed by atoms with van der Waals surface area (Å²) < 4.78 is 11.5. The Morgan fingerprint density at radius 1 is 1.33 bits per heavy atom. The zero-order chi connectivity index (χ0) is 25.2. The van der Waals surface area contributed by atoms with E-state index in [-0.39, 0.29) is 24.4 Å². The average molecular weight is 463 g/mol. The molecule has 6 heteroatoms. The third-order valence-electron chi connectivity index (χ3n) is 8.14. The lowest BCUT2D eigenvalue weighted by Gasteiger charge is -2.61. The Hall–Kier alpha value is -1.92. The second-order valence-corrected chi connectivity index (χ2v) is 10.8. The van der Waals surface area contributed by atoms with Gasteiger partial charge in [0, 0.05) is 17.9 Å². The Labute approximate surface area is 198 Å². The topological polar surface area (TPSA) is 93.1 Å². The van der Waals surface area contributed by atoms with Gasteiger partial charge < -0.3 is 19.7 Å². The molecule has 2 aliphatic carbocycles. The average Bonchev–Trinajstić information content (AvgIpc) is 2.74. The van der Waals surface area contributed by atoms with Crippen LogP contribution in [0.5, 0.6) is 0 Å². The fraction of sp³-hybridized carbons (Fsp3) is 0.704. The Morgan fingerprint density at radius 3 is 2.52 bits per heavy atom. The second kappa shape index (κ2) is 10.1. The zero-order valence-corrected chi connectivity index (χ0v) is 21.3. The molecular formula is C27H42O6. The van der Waals surface area contributed by atoms with E-state index in [1.165, 1.54) is 12.5 Å². The highest BCUT2D eigenvalue weighted by atomic mass is 16.6. The summed E-state index contributed by atoms with van der Waals surface area (Å²) in [6, 6.07) is 0. The third-order valence-corrected chi connectivity index (χ3v) is 8.14. The molecule has 0 aromatic rings. The van der Waals surface area contributed by atoms with Crippen LogP contribution in [0.15, 0.2) is 36.0 Å². The molecule has 0 radical (unpaired) electrons. The molecule has 1 fully saturated rings. The van der Waals surface area contributed by atoms with Crippen molar-refractivity contribution in [2.45, 2.75) is 92.0 Å². The highest BCUT2D eigenvalue weighted by Crippen LogP contribution is 2.61. The van der Waals surface area contributed by atoms with Gasteiger partial charge in [-0.3, -0.25) is 4.79 Å². The van der Waals surface area contributed by atoms with Crippen LogP contribution in [0.1, 0.15) is 74.1 Å². The molecule has 6 unspecified atom stereocenters. The van der Waals surface area contributed by atoms with Gasteiger partial charge in [-0.05, 0) is 70.6 Å². The van der Waals surface area contributed by atoms with E-state index in [9.17, 15) is 19.8 Å². The monoisotopic (exact) mass is 462 g/mol. The van der Waals surface area contributed by atoms with E-state index in [2.05, 4.69) is 19.6 Å².